The molecule has 0 bridgehead atoms. The number of aromatic nitrogens is 2. The maximum absolute atomic E-state index is 12.2. The van der Waals surface area contributed by atoms with Crippen molar-refractivity contribution in [3.63, 3.8) is 0 Å². The van der Waals surface area contributed by atoms with E-state index in [1.54, 1.807) is 0 Å². The highest BCUT2D eigenvalue weighted by Gasteiger charge is 2.46. The number of hydrogen-bond donors (Lipinski definition) is 1. The molecule has 0 unspecified atom stereocenters. The van der Waals surface area contributed by atoms with E-state index in [-0.39, 0.29) is 12.1 Å². The van der Waals surface area contributed by atoms with E-state index in [2.05, 4.69) is 89.5 Å². The minimum Gasteiger partial charge on any atom is -0.444 e. The van der Waals surface area contributed by atoms with Gasteiger partial charge in [-0.1, -0.05) is 47.6 Å². The monoisotopic (exact) mass is 497 g/mol. The molecule has 2 aromatic rings. The number of alkyl carbamates (subject to hydrolysis) is 1. The smallest absolute Gasteiger partial charge is 0.407 e. The van der Waals surface area contributed by atoms with Crippen LogP contribution in [0.5, 0.6) is 0 Å². The van der Waals surface area contributed by atoms with Crippen molar-refractivity contribution in [2.75, 3.05) is 0 Å². The van der Waals surface area contributed by atoms with Crippen LogP contribution in [0.15, 0.2) is 24.5 Å². The van der Waals surface area contributed by atoms with E-state index >= 15 is 0 Å². The fourth-order valence-corrected chi connectivity index (χ4v) is 13.3. The number of nitrogens with one attached hydrogen (secondary N) is 1. The second-order valence-electron chi connectivity index (χ2n) is 12.3. The first kappa shape index (κ1) is 27.5. The van der Waals surface area contributed by atoms with Gasteiger partial charge in [0, 0.05) is 17.6 Å². The van der Waals surface area contributed by atoms with Gasteiger partial charge < -0.3 is 14.3 Å². The summed E-state index contributed by atoms with van der Waals surface area (Å²) in [7, 11) is -1.90. The van der Waals surface area contributed by atoms with Gasteiger partial charge >= 0.3 is 6.09 Å². The Morgan fingerprint density at radius 2 is 1.71 bits per heavy atom. The Balaban J connectivity index is 1.95. The van der Waals surface area contributed by atoms with E-state index in [9.17, 15) is 4.79 Å². The molecule has 1 aliphatic carbocycles. The third-order valence-corrected chi connectivity index (χ3v) is 14.7. The molecule has 0 aromatic carbocycles. The number of hydrogen-bond acceptors (Lipinski definition) is 3. The highest BCUT2D eigenvalue weighted by molar-refractivity contribution is 6.82. The van der Waals surface area contributed by atoms with Crippen molar-refractivity contribution in [1.82, 2.24) is 14.5 Å². The summed E-state index contributed by atoms with van der Waals surface area (Å²) < 4.78 is 8.05. The van der Waals surface area contributed by atoms with Gasteiger partial charge in [0.05, 0.1) is 0 Å². The Hall–Kier alpha value is -2.08. The number of amides is 1. The van der Waals surface area contributed by atoms with Gasteiger partial charge in [0.25, 0.3) is 0 Å². The lowest BCUT2D eigenvalue weighted by Gasteiger charge is -2.44. The summed E-state index contributed by atoms with van der Waals surface area (Å²) in [5, 5.41) is 4.31. The Morgan fingerprint density at radius 3 is 2.20 bits per heavy atom. The first-order valence-corrected chi connectivity index (χ1v) is 15.5. The zero-order valence-electron chi connectivity index (χ0n) is 23.8. The van der Waals surface area contributed by atoms with Crippen LogP contribution in [0.2, 0.25) is 16.6 Å². The van der Waals surface area contributed by atoms with Gasteiger partial charge in [0.2, 0.25) is 0 Å². The summed E-state index contributed by atoms with van der Waals surface area (Å²) in [5.41, 5.74) is 6.41. The lowest BCUT2D eigenvalue weighted by atomic mass is 9.72. The number of nitrogens with zero attached hydrogens (tertiary/aromatic N) is 2. The quantitative estimate of drug-likeness (QED) is 0.393. The molecule has 1 fully saturated rings. The van der Waals surface area contributed by atoms with Crippen LogP contribution in [-0.4, -0.2) is 35.2 Å². The van der Waals surface area contributed by atoms with Crippen LogP contribution >= 0.6 is 0 Å². The van der Waals surface area contributed by atoms with Crippen molar-refractivity contribution in [3.05, 3.63) is 35.7 Å². The number of allylic oxidation sites excluding steroid dienone is 2. The summed E-state index contributed by atoms with van der Waals surface area (Å²) in [6.45, 7) is 24.4. The van der Waals surface area contributed by atoms with Crippen molar-refractivity contribution in [1.29, 1.82) is 0 Å². The maximum Gasteiger partial charge on any atom is 0.407 e. The number of pyridine rings is 1. The average molecular weight is 498 g/mol. The molecule has 1 amide bonds. The SMILES string of the molecule is C/C=C(\c1c(C)cnc2c1ccn2[Si](C(C)C)(C(C)C)C(C)C)C1CC(NC(=O)OC(C)(C)C)C1. The third kappa shape index (κ3) is 5.09. The molecule has 194 valence electrons. The fraction of sp³-hybridized carbons (Fsp3) is 0.655. The Morgan fingerprint density at radius 1 is 1.14 bits per heavy atom. The van der Waals surface area contributed by atoms with E-state index in [1.165, 1.54) is 22.1 Å². The fourth-order valence-electron chi connectivity index (χ4n) is 6.76. The van der Waals surface area contributed by atoms with Gasteiger partial charge in [0.1, 0.15) is 11.2 Å². The van der Waals surface area contributed by atoms with Crippen LogP contribution in [0.1, 0.15) is 93.2 Å². The van der Waals surface area contributed by atoms with Crippen LogP contribution in [0.3, 0.4) is 0 Å². The van der Waals surface area contributed by atoms with E-state index in [0.717, 1.165) is 18.5 Å². The van der Waals surface area contributed by atoms with Gasteiger partial charge in [-0.3, -0.25) is 0 Å². The van der Waals surface area contributed by atoms with E-state index in [4.69, 9.17) is 9.72 Å². The predicted molar refractivity (Wildman–Crippen MR) is 150 cm³/mol. The molecule has 1 saturated carbocycles. The number of rotatable bonds is 7. The van der Waals surface area contributed by atoms with Crippen molar-refractivity contribution >= 4 is 30.9 Å². The molecule has 0 saturated heterocycles. The third-order valence-electron chi connectivity index (χ3n) is 7.99. The number of carbonyl (C=O) groups excluding carboxylic acids is 1. The highest BCUT2D eigenvalue weighted by atomic mass is 28.3. The molecular weight excluding hydrogens is 450 g/mol. The Labute approximate surface area is 213 Å². The van der Waals surface area contributed by atoms with Crippen molar-refractivity contribution in [2.45, 2.75) is 117 Å². The summed E-state index contributed by atoms with van der Waals surface area (Å²) >= 11 is 0. The van der Waals surface area contributed by atoms with Crippen LogP contribution < -0.4 is 5.32 Å². The number of ether oxygens (including phenoxy) is 1. The van der Waals surface area contributed by atoms with Gasteiger partial charge in [-0.15, -0.1) is 0 Å². The second kappa shape index (κ2) is 10.1. The molecule has 1 N–H and O–H groups in total. The van der Waals surface area contributed by atoms with Gasteiger partial charge in [-0.05, 0) is 99.0 Å². The molecule has 5 nitrogen and oxygen atoms in total. The van der Waals surface area contributed by atoms with Crippen LogP contribution in [0.4, 0.5) is 4.79 Å². The maximum atomic E-state index is 12.2. The summed E-state index contributed by atoms with van der Waals surface area (Å²) in [6.07, 6.45) is 8.21. The molecule has 1 aliphatic rings. The largest absolute Gasteiger partial charge is 0.444 e. The molecule has 6 heteroatoms. The summed E-state index contributed by atoms with van der Waals surface area (Å²) in [6, 6.07) is 2.47. The molecule has 2 heterocycles. The van der Waals surface area contributed by atoms with Gasteiger partial charge in [0.15, 0.2) is 8.24 Å². The zero-order valence-corrected chi connectivity index (χ0v) is 24.8. The first-order chi connectivity index (χ1) is 16.2. The van der Waals surface area contributed by atoms with Gasteiger partial charge in [-0.25, -0.2) is 9.78 Å². The summed E-state index contributed by atoms with van der Waals surface area (Å²) in [4.78, 5) is 17.2. The summed E-state index contributed by atoms with van der Waals surface area (Å²) in [5.74, 6) is 0.426. The normalized spacial score (nSPS) is 19.5. The minimum atomic E-state index is -1.90. The van der Waals surface area contributed by atoms with Gasteiger partial charge in [-0.2, -0.15) is 0 Å². The molecule has 0 spiro atoms. The van der Waals surface area contributed by atoms with Crippen LogP contribution in [-0.2, 0) is 4.74 Å². The molecule has 35 heavy (non-hydrogen) atoms. The predicted octanol–water partition coefficient (Wildman–Crippen LogP) is 8.07. The lowest BCUT2D eigenvalue weighted by Crippen LogP contribution is -2.51. The molecule has 0 aliphatic heterocycles. The van der Waals surface area contributed by atoms with Crippen LogP contribution in [0, 0.1) is 12.8 Å². The Kier molecular flexibility index (Phi) is 7.95. The van der Waals surface area contributed by atoms with Crippen molar-refractivity contribution in [3.8, 4) is 0 Å². The number of aryl methyl sites for hydroxylation is 1. The number of fused-ring (bicyclic) bond motifs is 1. The molecule has 0 atom stereocenters. The molecule has 2 aromatic heterocycles. The van der Waals surface area contributed by atoms with E-state index in [1.807, 2.05) is 20.8 Å². The zero-order chi connectivity index (χ0) is 26.3. The topological polar surface area (TPSA) is 56.2 Å². The van der Waals surface area contributed by atoms with Crippen LogP contribution in [0.25, 0.3) is 16.6 Å². The van der Waals surface area contributed by atoms with Crippen molar-refractivity contribution in [2.24, 2.45) is 5.92 Å². The van der Waals surface area contributed by atoms with Crippen molar-refractivity contribution < 1.29 is 9.53 Å². The number of carbonyl (C=O) groups is 1. The molecule has 0 radical (unpaired) electrons. The first-order valence-electron chi connectivity index (χ1n) is 13.4. The minimum absolute atomic E-state index is 0.162. The second-order valence-corrected chi connectivity index (χ2v) is 18.1. The average Bonchev–Trinajstić information content (AvgIpc) is 3.10. The molecule has 3 rings (SSSR count). The molecular formula is C29H47N3O2Si. The van der Waals surface area contributed by atoms with E-state index < -0.39 is 13.8 Å². The van der Waals surface area contributed by atoms with E-state index in [0.29, 0.717) is 22.5 Å². The Bertz CT molecular complexity index is 1060. The lowest BCUT2D eigenvalue weighted by molar-refractivity contribution is 0.0467. The standard InChI is InChI=1S/C29H47N3O2Si/c1-12-24(22-15-23(16-22)31-28(33)34-29(9,10)11)26-21(8)17-30-27-25(26)13-14-32(27)35(18(2)3,19(4)5)20(6)7/h12-14,17-20,22-23H,15-16H2,1-11H3,(H,31,33)/b24-12-. The highest BCUT2D eigenvalue weighted by Crippen LogP contribution is 2.46.